The van der Waals surface area contributed by atoms with Gasteiger partial charge in [0.2, 0.25) is 0 Å². The summed E-state index contributed by atoms with van der Waals surface area (Å²) in [6.07, 6.45) is 1.35. The number of nitrogens with one attached hydrogen (secondary N) is 1. The van der Waals surface area contributed by atoms with Gasteiger partial charge in [-0.15, -0.1) is 0 Å². The van der Waals surface area contributed by atoms with Gasteiger partial charge in [0.25, 0.3) is 15.9 Å². The molecule has 34 heavy (non-hydrogen) atoms. The van der Waals surface area contributed by atoms with Crippen LogP contribution in [0.1, 0.15) is 15.9 Å². The number of aryl methyl sites for hydroxylation is 2. The largest absolute Gasteiger partial charge is 0.457 e. The highest BCUT2D eigenvalue weighted by atomic mass is 32.2. The number of aromatic nitrogens is 2. The minimum absolute atomic E-state index is 0.127. The molecule has 4 aromatic rings. The first-order valence-electron chi connectivity index (χ1n) is 10.5. The lowest BCUT2D eigenvalue weighted by molar-refractivity contribution is 0.102. The SMILES string of the molecule is Cc1ccc(S(=O)(=O)N(C)c2c(C(=O)Nc3ccc(Oc4ccccc4)cc3)cnn2C)cc1. The van der Waals surface area contributed by atoms with E-state index < -0.39 is 15.9 Å². The number of hydrogen-bond donors (Lipinski definition) is 1. The van der Waals surface area contributed by atoms with Gasteiger partial charge in [0.05, 0.1) is 11.1 Å². The number of nitrogens with zero attached hydrogens (tertiary/aromatic N) is 3. The molecule has 0 fully saturated rings. The molecule has 0 aliphatic heterocycles. The minimum atomic E-state index is -3.89. The van der Waals surface area contributed by atoms with E-state index in [9.17, 15) is 13.2 Å². The number of carbonyl (C=O) groups excluding carboxylic acids is 1. The van der Waals surface area contributed by atoms with E-state index in [-0.39, 0.29) is 16.3 Å². The lowest BCUT2D eigenvalue weighted by Crippen LogP contribution is -2.30. The Morgan fingerprint density at radius 3 is 2.21 bits per heavy atom. The highest BCUT2D eigenvalue weighted by Crippen LogP contribution is 2.27. The molecule has 0 unspecified atom stereocenters. The zero-order valence-corrected chi connectivity index (χ0v) is 19.8. The van der Waals surface area contributed by atoms with Gasteiger partial charge in [-0.05, 0) is 55.5 Å². The van der Waals surface area contributed by atoms with Crippen LogP contribution in [0.25, 0.3) is 0 Å². The Labute approximate surface area is 198 Å². The van der Waals surface area contributed by atoms with Crippen molar-refractivity contribution in [2.24, 2.45) is 7.05 Å². The molecule has 8 nitrogen and oxygen atoms in total. The average molecular weight is 477 g/mol. The second kappa shape index (κ2) is 9.40. The van der Waals surface area contributed by atoms with Gasteiger partial charge in [-0.25, -0.2) is 8.42 Å². The summed E-state index contributed by atoms with van der Waals surface area (Å²) in [6, 6.07) is 22.8. The van der Waals surface area contributed by atoms with E-state index in [1.54, 1.807) is 43.4 Å². The molecular formula is C25H24N4O4S. The monoisotopic (exact) mass is 476 g/mol. The maximum atomic E-state index is 13.2. The average Bonchev–Trinajstić information content (AvgIpc) is 3.22. The highest BCUT2D eigenvalue weighted by Gasteiger charge is 2.28. The molecule has 0 radical (unpaired) electrons. The number of para-hydroxylation sites is 1. The molecule has 9 heteroatoms. The van der Waals surface area contributed by atoms with E-state index in [0.29, 0.717) is 17.2 Å². The molecule has 0 aliphatic carbocycles. The third-order valence-corrected chi connectivity index (χ3v) is 6.98. The minimum Gasteiger partial charge on any atom is -0.457 e. The number of rotatable bonds is 7. The van der Waals surface area contributed by atoms with Crippen LogP contribution in [0.3, 0.4) is 0 Å². The summed E-state index contributed by atoms with van der Waals surface area (Å²) in [5.41, 5.74) is 1.61. The van der Waals surface area contributed by atoms with Crippen LogP contribution in [-0.2, 0) is 17.1 Å². The van der Waals surface area contributed by atoms with Gasteiger partial charge in [0.1, 0.15) is 17.1 Å². The van der Waals surface area contributed by atoms with Crippen LogP contribution in [0.15, 0.2) is 90.0 Å². The predicted molar refractivity (Wildman–Crippen MR) is 131 cm³/mol. The van der Waals surface area contributed by atoms with Crippen molar-refractivity contribution in [3.05, 3.63) is 96.2 Å². The third-order valence-electron chi connectivity index (χ3n) is 5.22. The summed E-state index contributed by atoms with van der Waals surface area (Å²) in [4.78, 5) is 13.1. The van der Waals surface area contributed by atoms with Crippen LogP contribution in [0, 0.1) is 6.92 Å². The van der Waals surface area contributed by atoms with Crippen molar-refractivity contribution in [2.75, 3.05) is 16.7 Å². The normalized spacial score (nSPS) is 11.1. The molecule has 0 spiro atoms. The fourth-order valence-electron chi connectivity index (χ4n) is 3.38. The van der Waals surface area contributed by atoms with Crippen LogP contribution in [0.2, 0.25) is 0 Å². The number of hydrogen-bond acceptors (Lipinski definition) is 5. The quantitative estimate of drug-likeness (QED) is 0.421. The Kier molecular flexibility index (Phi) is 6.38. The van der Waals surface area contributed by atoms with Gasteiger partial charge in [-0.1, -0.05) is 35.9 Å². The van der Waals surface area contributed by atoms with Crippen molar-refractivity contribution in [3.8, 4) is 11.5 Å². The Bertz CT molecular complexity index is 1400. The predicted octanol–water partition coefficient (Wildman–Crippen LogP) is 4.60. The van der Waals surface area contributed by atoms with E-state index in [0.717, 1.165) is 9.87 Å². The molecule has 1 heterocycles. The molecule has 174 valence electrons. The third kappa shape index (κ3) is 4.79. The first-order valence-corrected chi connectivity index (χ1v) is 11.9. The van der Waals surface area contributed by atoms with E-state index in [1.165, 1.54) is 30.1 Å². The molecule has 0 aliphatic rings. The number of sulfonamides is 1. The number of anilines is 2. The van der Waals surface area contributed by atoms with E-state index in [4.69, 9.17) is 4.74 Å². The van der Waals surface area contributed by atoms with Gasteiger partial charge < -0.3 is 10.1 Å². The lowest BCUT2D eigenvalue weighted by Gasteiger charge is -2.21. The zero-order chi connectivity index (χ0) is 24.3. The smallest absolute Gasteiger partial charge is 0.265 e. The standard InChI is InChI=1S/C25H24N4O4S/c1-18-9-15-22(16-10-18)34(31,32)29(3)25-23(17-26-28(25)2)24(30)27-19-11-13-21(14-12-19)33-20-7-5-4-6-8-20/h4-17H,1-3H3,(H,27,30). The number of ether oxygens (including phenoxy) is 1. The first kappa shape index (κ1) is 23.1. The molecule has 1 N–H and O–H groups in total. The fraction of sp³-hybridized carbons (Fsp3) is 0.120. The van der Waals surface area contributed by atoms with Crippen molar-refractivity contribution in [3.63, 3.8) is 0 Å². The Balaban J connectivity index is 1.53. The van der Waals surface area contributed by atoms with Gasteiger partial charge in [0, 0.05) is 19.8 Å². The van der Waals surface area contributed by atoms with Crippen molar-refractivity contribution >= 4 is 27.4 Å². The summed E-state index contributed by atoms with van der Waals surface area (Å²) >= 11 is 0. The topological polar surface area (TPSA) is 93.5 Å². The summed E-state index contributed by atoms with van der Waals surface area (Å²) < 4.78 is 34.5. The van der Waals surface area contributed by atoms with Crippen molar-refractivity contribution in [2.45, 2.75) is 11.8 Å². The van der Waals surface area contributed by atoms with E-state index >= 15 is 0 Å². The van der Waals surface area contributed by atoms with Crippen LogP contribution < -0.4 is 14.4 Å². The lowest BCUT2D eigenvalue weighted by atomic mass is 10.2. The molecule has 1 aromatic heterocycles. The second-order valence-corrected chi connectivity index (χ2v) is 9.65. The summed E-state index contributed by atoms with van der Waals surface area (Å²) in [7, 11) is -0.902. The second-order valence-electron chi connectivity index (χ2n) is 7.68. The highest BCUT2D eigenvalue weighted by molar-refractivity contribution is 7.92. The Hall–Kier alpha value is -4.11. The van der Waals surface area contributed by atoms with E-state index in [2.05, 4.69) is 10.4 Å². The molecule has 0 atom stereocenters. The maximum Gasteiger partial charge on any atom is 0.265 e. The first-order chi connectivity index (χ1) is 16.3. The van der Waals surface area contributed by atoms with Gasteiger partial charge in [-0.3, -0.25) is 13.8 Å². The zero-order valence-electron chi connectivity index (χ0n) is 19.0. The molecule has 4 rings (SSSR count). The van der Waals surface area contributed by atoms with E-state index in [1.807, 2.05) is 37.3 Å². The van der Waals surface area contributed by atoms with Crippen molar-refractivity contribution in [1.29, 1.82) is 0 Å². The molecule has 1 amide bonds. The van der Waals surface area contributed by atoms with Crippen LogP contribution in [0.5, 0.6) is 11.5 Å². The van der Waals surface area contributed by atoms with Crippen LogP contribution in [-0.4, -0.2) is 31.2 Å². The maximum absolute atomic E-state index is 13.2. The molecule has 0 bridgehead atoms. The Morgan fingerprint density at radius 1 is 0.941 bits per heavy atom. The van der Waals surface area contributed by atoms with Gasteiger partial charge in [-0.2, -0.15) is 5.10 Å². The molecule has 0 saturated carbocycles. The summed E-state index contributed by atoms with van der Waals surface area (Å²) in [5.74, 6) is 1.00. The molecule has 3 aromatic carbocycles. The van der Waals surface area contributed by atoms with Crippen molar-refractivity contribution < 1.29 is 17.9 Å². The fourth-order valence-corrected chi connectivity index (χ4v) is 4.62. The van der Waals surface area contributed by atoms with Gasteiger partial charge >= 0.3 is 0 Å². The van der Waals surface area contributed by atoms with Crippen LogP contribution in [0.4, 0.5) is 11.5 Å². The number of amides is 1. The summed E-state index contributed by atoms with van der Waals surface area (Å²) in [6.45, 7) is 1.88. The molecular weight excluding hydrogens is 452 g/mol. The Morgan fingerprint density at radius 2 is 1.56 bits per heavy atom. The van der Waals surface area contributed by atoms with Crippen LogP contribution >= 0.6 is 0 Å². The number of benzene rings is 3. The number of carbonyl (C=O) groups is 1. The summed E-state index contributed by atoms with van der Waals surface area (Å²) in [5, 5.41) is 6.90. The van der Waals surface area contributed by atoms with Crippen molar-refractivity contribution in [1.82, 2.24) is 9.78 Å². The van der Waals surface area contributed by atoms with Gasteiger partial charge in [0.15, 0.2) is 5.82 Å². The molecule has 0 saturated heterocycles.